The van der Waals surface area contributed by atoms with E-state index in [-0.39, 0.29) is 36.0 Å². The highest BCUT2D eigenvalue weighted by molar-refractivity contribution is 14.0. The summed E-state index contributed by atoms with van der Waals surface area (Å²) in [5, 5.41) is 3.30. The average molecular weight is 475 g/mol. The number of guanidine groups is 1. The Morgan fingerprint density at radius 1 is 1.27 bits per heavy atom. The Kier molecular flexibility index (Phi) is 11.1. The molecule has 7 heteroatoms. The van der Waals surface area contributed by atoms with Crippen molar-refractivity contribution in [2.75, 3.05) is 20.3 Å². The monoisotopic (exact) mass is 475 g/mol. The van der Waals surface area contributed by atoms with Gasteiger partial charge in [0, 0.05) is 24.9 Å². The van der Waals surface area contributed by atoms with Crippen LogP contribution in [0, 0.1) is 0 Å². The number of esters is 1. The van der Waals surface area contributed by atoms with Gasteiger partial charge in [0.15, 0.2) is 5.96 Å². The van der Waals surface area contributed by atoms with E-state index in [2.05, 4.69) is 21.1 Å². The van der Waals surface area contributed by atoms with Crippen LogP contribution in [0.15, 0.2) is 29.3 Å². The number of aliphatic imine (C=N–C) groups is 1. The molecule has 0 saturated heterocycles. The number of hydrogen-bond donors (Lipinski definition) is 2. The van der Waals surface area contributed by atoms with Crippen molar-refractivity contribution in [3.8, 4) is 5.75 Å². The van der Waals surface area contributed by atoms with E-state index in [4.69, 9.17) is 10.5 Å². The van der Waals surface area contributed by atoms with Crippen LogP contribution in [0.25, 0.3) is 0 Å². The number of halogens is 1. The van der Waals surface area contributed by atoms with Crippen LogP contribution in [0.2, 0.25) is 0 Å². The maximum Gasteiger partial charge on any atom is 0.305 e. The van der Waals surface area contributed by atoms with Gasteiger partial charge in [-0.25, -0.2) is 0 Å². The van der Waals surface area contributed by atoms with Gasteiger partial charge in [0.05, 0.1) is 19.8 Å². The van der Waals surface area contributed by atoms with Crippen LogP contribution in [0.3, 0.4) is 0 Å². The first-order valence-electron chi connectivity index (χ1n) is 9.05. The first kappa shape index (κ1) is 22.5. The highest BCUT2D eigenvalue weighted by Gasteiger charge is 2.21. The molecule has 3 N–H and O–H groups in total. The van der Waals surface area contributed by atoms with Crippen LogP contribution >= 0.6 is 24.0 Å². The first-order valence-corrected chi connectivity index (χ1v) is 9.05. The van der Waals surface area contributed by atoms with Crippen LogP contribution < -0.4 is 15.8 Å². The van der Waals surface area contributed by atoms with E-state index >= 15 is 0 Å². The topological polar surface area (TPSA) is 85.9 Å². The molecular weight excluding hydrogens is 445 g/mol. The lowest BCUT2D eigenvalue weighted by atomic mass is 10.0. The van der Waals surface area contributed by atoms with Gasteiger partial charge in [0.2, 0.25) is 0 Å². The number of methoxy groups -OCH3 is 1. The number of nitrogens with two attached hydrogens (primary N) is 1. The normalized spacial score (nSPS) is 16.0. The quantitative estimate of drug-likeness (QED) is 0.188. The molecule has 0 spiro atoms. The van der Waals surface area contributed by atoms with Crippen molar-refractivity contribution in [3.05, 3.63) is 29.8 Å². The van der Waals surface area contributed by atoms with Gasteiger partial charge in [-0.05, 0) is 18.9 Å². The minimum Gasteiger partial charge on any atom is -0.493 e. The minimum absolute atomic E-state index is 0. The number of ether oxygens (including phenoxy) is 2. The molecule has 0 amide bonds. The summed E-state index contributed by atoms with van der Waals surface area (Å²) < 4.78 is 10.3. The number of rotatable bonds is 9. The van der Waals surface area contributed by atoms with Crippen molar-refractivity contribution in [2.45, 2.75) is 51.0 Å². The molecule has 1 aromatic carbocycles. The van der Waals surface area contributed by atoms with Gasteiger partial charge in [0.25, 0.3) is 0 Å². The van der Waals surface area contributed by atoms with Gasteiger partial charge < -0.3 is 20.5 Å². The third-order valence-corrected chi connectivity index (χ3v) is 4.33. The lowest BCUT2D eigenvalue weighted by molar-refractivity contribution is -0.140. The molecule has 1 unspecified atom stereocenters. The summed E-state index contributed by atoms with van der Waals surface area (Å²) in [7, 11) is 1.43. The van der Waals surface area contributed by atoms with Crippen LogP contribution in [-0.4, -0.2) is 32.2 Å². The zero-order valence-electron chi connectivity index (χ0n) is 15.4. The lowest BCUT2D eigenvalue weighted by Crippen LogP contribution is -2.37. The molecule has 6 nitrogen and oxygen atoms in total. The Labute approximate surface area is 172 Å². The van der Waals surface area contributed by atoms with Gasteiger partial charge >= 0.3 is 5.97 Å². The van der Waals surface area contributed by atoms with Crippen molar-refractivity contribution in [1.82, 2.24) is 5.32 Å². The standard InChI is InChI=1S/C19H29N3O3.HI/c1-24-18(23)11-5-3-2-4-8-13-21-19(20)22-16-12-14-25-17-10-7-6-9-15(16)17;/h6-7,9-10,16H,2-5,8,11-14H2,1H3,(H3,20,21,22);1H. The Hall–Kier alpha value is -1.51. The molecule has 0 bridgehead atoms. The molecule has 1 aromatic rings. The molecule has 0 radical (unpaired) electrons. The number of nitrogens with zero attached hydrogens (tertiary/aromatic N) is 1. The van der Waals surface area contributed by atoms with Crippen molar-refractivity contribution in [2.24, 2.45) is 10.7 Å². The van der Waals surface area contributed by atoms with E-state index in [1.807, 2.05) is 18.2 Å². The summed E-state index contributed by atoms with van der Waals surface area (Å²) >= 11 is 0. The fourth-order valence-corrected chi connectivity index (χ4v) is 2.93. The summed E-state index contributed by atoms with van der Waals surface area (Å²) in [6.07, 6.45) is 6.54. The molecule has 146 valence electrons. The van der Waals surface area contributed by atoms with E-state index in [0.717, 1.165) is 56.4 Å². The van der Waals surface area contributed by atoms with Crippen molar-refractivity contribution in [1.29, 1.82) is 0 Å². The molecule has 0 saturated carbocycles. The molecule has 0 aliphatic carbocycles. The van der Waals surface area contributed by atoms with Crippen LogP contribution in [-0.2, 0) is 9.53 Å². The smallest absolute Gasteiger partial charge is 0.305 e. The molecular formula is C19H30IN3O3. The SMILES string of the molecule is COC(=O)CCCCCCCN=C(N)NC1CCOc2ccccc21.I. The number of unbranched alkanes of at least 4 members (excludes halogenated alkanes) is 4. The Balaban J connectivity index is 0.00000338. The molecule has 1 heterocycles. The maximum atomic E-state index is 11.0. The van der Waals surface area contributed by atoms with Gasteiger partial charge in [-0.3, -0.25) is 9.79 Å². The second-order valence-corrected chi connectivity index (χ2v) is 6.23. The summed E-state index contributed by atoms with van der Waals surface area (Å²) in [6.45, 7) is 1.41. The van der Waals surface area contributed by atoms with E-state index in [1.54, 1.807) is 0 Å². The number of benzene rings is 1. The van der Waals surface area contributed by atoms with E-state index < -0.39 is 0 Å². The molecule has 2 rings (SSSR count). The average Bonchev–Trinajstić information content (AvgIpc) is 2.64. The molecule has 1 aliphatic rings. The molecule has 0 fully saturated rings. The maximum absolute atomic E-state index is 11.0. The Bertz CT molecular complexity index is 581. The summed E-state index contributed by atoms with van der Waals surface area (Å²) in [5.41, 5.74) is 7.16. The zero-order valence-corrected chi connectivity index (χ0v) is 17.7. The Morgan fingerprint density at radius 3 is 2.81 bits per heavy atom. The van der Waals surface area contributed by atoms with Crippen LogP contribution in [0.1, 0.15) is 56.6 Å². The lowest BCUT2D eigenvalue weighted by Gasteiger charge is -2.26. The van der Waals surface area contributed by atoms with Crippen LogP contribution in [0.4, 0.5) is 0 Å². The number of carbonyl (C=O) groups is 1. The van der Waals surface area contributed by atoms with Crippen LogP contribution in [0.5, 0.6) is 5.75 Å². The number of nitrogens with one attached hydrogen (secondary N) is 1. The van der Waals surface area contributed by atoms with E-state index in [9.17, 15) is 4.79 Å². The number of para-hydroxylation sites is 1. The molecule has 1 atom stereocenters. The third kappa shape index (κ3) is 7.80. The number of fused-ring (bicyclic) bond motifs is 1. The molecule has 1 aliphatic heterocycles. The van der Waals surface area contributed by atoms with Crippen molar-refractivity contribution < 1.29 is 14.3 Å². The van der Waals surface area contributed by atoms with Gasteiger partial charge in [-0.1, -0.05) is 37.5 Å². The van der Waals surface area contributed by atoms with Gasteiger partial charge in [-0.15, -0.1) is 24.0 Å². The fourth-order valence-electron chi connectivity index (χ4n) is 2.93. The molecule has 26 heavy (non-hydrogen) atoms. The third-order valence-electron chi connectivity index (χ3n) is 4.33. The van der Waals surface area contributed by atoms with E-state index in [0.29, 0.717) is 19.0 Å². The van der Waals surface area contributed by atoms with Gasteiger partial charge in [0.1, 0.15) is 5.75 Å². The fraction of sp³-hybridized carbons (Fsp3) is 0.579. The first-order chi connectivity index (χ1) is 12.2. The number of hydrogen-bond acceptors (Lipinski definition) is 4. The predicted octanol–water partition coefficient (Wildman–Crippen LogP) is 3.55. The van der Waals surface area contributed by atoms with Crippen molar-refractivity contribution in [3.63, 3.8) is 0 Å². The highest BCUT2D eigenvalue weighted by atomic mass is 127. The second-order valence-electron chi connectivity index (χ2n) is 6.23. The zero-order chi connectivity index (χ0) is 17.9. The minimum atomic E-state index is -0.127. The van der Waals surface area contributed by atoms with E-state index in [1.165, 1.54) is 7.11 Å². The second kappa shape index (κ2) is 12.8. The Morgan fingerprint density at radius 2 is 2.00 bits per heavy atom. The largest absolute Gasteiger partial charge is 0.493 e. The molecule has 0 aromatic heterocycles. The predicted molar refractivity (Wildman–Crippen MR) is 114 cm³/mol. The summed E-state index contributed by atoms with van der Waals surface area (Å²) in [4.78, 5) is 15.4. The summed E-state index contributed by atoms with van der Waals surface area (Å²) in [6, 6.07) is 8.19. The van der Waals surface area contributed by atoms with Crippen molar-refractivity contribution >= 4 is 35.9 Å². The highest BCUT2D eigenvalue weighted by Crippen LogP contribution is 2.31. The summed E-state index contributed by atoms with van der Waals surface area (Å²) in [5.74, 6) is 1.29. The number of carbonyl (C=O) groups excluding carboxylic acids is 1. The van der Waals surface area contributed by atoms with Gasteiger partial charge in [-0.2, -0.15) is 0 Å².